The van der Waals surface area contributed by atoms with Gasteiger partial charge in [0.25, 0.3) is 0 Å². The Morgan fingerprint density at radius 3 is 1.52 bits per heavy atom. The molecule has 4 aromatic carbocycles. The molecule has 4 aromatic rings. The number of fused-ring (bicyclic) bond motifs is 7. The summed E-state index contributed by atoms with van der Waals surface area (Å²) in [6, 6.07) is 23.2. The molecule has 0 amide bonds. The third-order valence-corrected chi connectivity index (χ3v) is 21.3. The molecule has 2 heterocycles. The van der Waals surface area contributed by atoms with Gasteiger partial charge in [0.15, 0.2) is 0 Å². The highest BCUT2D eigenvalue weighted by atomic mass is 16.4. The Bertz CT molecular complexity index is 3090. The van der Waals surface area contributed by atoms with Crippen molar-refractivity contribution in [1.29, 1.82) is 0 Å². The highest BCUT2D eigenvalue weighted by Gasteiger charge is 2.52. The monoisotopic (exact) mass is 975 g/mol. The van der Waals surface area contributed by atoms with E-state index < -0.39 is 0 Å². The maximum absolute atomic E-state index is 8.13. The predicted molar refractivity (Wildman–Crippen MR) is 314 cm³/mol. The molecule has 3 nitrogen and oxygen atoms in total. The van der Waals surface area contributed by atoms with Crippen molar-refractivity contribution in [2.75, 3.05) is 9.80 Å². The minimum atomic E-state index is -0.319. The van der Waals surface area contributed by atoms with Crippen LogP contribution in [0.1, 0.15) is 244 Å². The van der Waals surface area contributed by atoms with Gasteiger partial charge in [0, 0.05) is 34.0 Å². The number of anilines is 3. The van der Waals surface area contributed by atoms with Gasteiger partial charge in [-0.3, -0.25) is 0 Å². The Hall–Kier alpha value is -4.44. The van der Waals surface area contributed by atoms with Gasteiger partial charge in [-0.1, -0.05) is 155 Å². The summed E-state index contributed by atoms with van der Waals surface area (Å²) in [7, 11) is 0. The van der Waals surface area contributed by atoms with E-state index in [-0.39, 0.29) is 56.3 Å². The Kier molecular flexibility index (Phi) is 11.2. The molecular weight excluding hydrogens is 884 g/mol. The van der Waals surface area contributed by atoms with Crippen LogP contribution < -0.4 is 19.9 Å². The van der Waals surface area contributed by atoms with Gasteiger partial charge < -0.3 is 14.5 Å². The second-order valence-electron chi connectivity index (χ2n) is 30.1. The number of rotatable bonds is 4. The third-order valence-electron chi connectivity index (χ3n) is 21.3. The van der Waals surface area contributed by atoms with Crippen LogP contribution in [0.15, 0.2) is 84.0 Å². The summed E-state index contributed by atoms with van der Waals surface area (Å²) in [5.41, 5.74) is 25.1. The smallest absolute Gasteiger partial charge is 0.428 e. The molecule has 0 fully saturated rings. The van der Waals surface area contributed by atoms with Crippen LogP contribution >= 0.6 is 0 Å². The van der Waals surface area contributed by atoms with Crippen molar-refractivity contribution in [3.8, 4) is 5.75 Å². The first-order valence-electron chi connectivity index (χ1n) is 28.9. The van der Waals surface area contributed by atoms with Crippen LogP contribution in [0.3, 0.4) is 0 Å². The van der Waals surface area contributed by atoms with Crippen LogP contribution in [0.2, 0.25) is 0 Å². The molecule has 0 aromatic heterocycles. The first-order valence-corrected chi connectivity index (χ1v) is 28.9. The van der Waals surface area contributed by atoms with Crippen LogP contribution in [-0.4, -0.2) is 13.0 Å². The number of allylic oxidation sites excluding steroid dienone is 1. The third kappa shape index (κ3) is 7.67. The van der Waals surface area contributed by atoms with Gasteiger partial charge in [0.1, 0.15) is 5.75 Å². The van der Waals surface area contributed by atoms with E-state index in [1.54, 1.807) is 0 Å². The average molecular weight is 975 g/mol. The lowest BCUT2D eigenvalue weighted by Crippen LogP contribution is -2.56. The quantitative estimate of drug-likeness (QED) is 0.190. The molecule has 11 rings (SSSR count). The predicted octanol–water partition coefficient (Wildman–Crippen LogP) is 17.8. The van der Waals surface area contributed by atoms with Crippen LogP contribution in [-0.2, 0) is 43.3 Å². The fourth-order valence-corrected chi connectivity index (χ4v) is 15.2. The van der Waals surface area contributed by atoms with Crippen LogP contribution in [0.5, 0.6) is 5.75 Å². The van der Waals surface area contributed by atoms with Crippen LogP contribution in [0.4, 0.5) is 17.1 Å². The zero-order valence-corrected chi connectivity index (χ0v) is 49.1. The molecule has 2 unspecified atom stereocenters. The van der Waals surface area contributed by atoms with Crippen molar-refractivity contribution < 1.29 is 4.65 Å². The molecule has 386 valence electrons. The van der Waals surface area contributed by atoms with Gasteiger partial charge in [-0.05, 0) is 224 Å². The Labute approximate surface area is 443 Å². The van der Waals surface area contributed by atoms with Crippen molar-refractivity contribution in [2.24, 2.45) is 5.92 Å². The van der Waals surface area contributed by atoms with E-state index in [1.807, 2.05) is 0 Å². The first-order chi connectivity index (χ1) is 33.8. The minimum absolute atomic E-state index is 0.0114. The van der Waals surface area contributed by atoms with Gasteiger partial charge in [0.05, 0.1) is 6.04 Å². The van der Waals surface area contributed by atoms with Gasteiger partial charge in [-0.2, -0.15) is 0 Å². The molecule has 0 radical (unpaired) electrons. The average Bonchev–Trinajstić information content (AvgIpc) is 3.31. The van der Waals surface area contributed by atoms with Crippen molar-refractivity contribution in [1.82, 2.24) is 0 Å². The summed E-state index contributed by atoms with van der Waals surface area (Å²) in [5.74, 6) is 1.37. The fraction of sp³-hybridized carbons (Fsp3) is 0.565. The lowest BCUT2D eigenvalue weighted by atomic mass is 9.46. The molecule has 0 saturated heterocycles. The van der Waals surface area contributed by atoms with E-state index in [2.05, 4.69) is 202 Å². The number of hydrogen-bond donors (Lipinski definition) is 0. The van der Waals surface area contributed by atoms with E-state index in [1.165, 1.54) is 115 Å². The van der Waals surface area contributed by atoms with E-state index in [4.69, 9.17) is 11.2 Å². The molecular formula is C69H91BN2O. The van der Waals surface area contributed by atoms with Crippen molar-refractivity contribution in [3.63, 3.8) is 0 Å². The maximum Gasteiger partial charge on any atom is 0.428 e. The highest BCUT2D eigenvalue weighted by molar-refractivity contribution is 6.77. The lowest BCUT2D eigenvalue weighted by Gasteiger charge is -2.51. The molecule has 0 saturated carbocycles. The van der Waals surface area contributed by atoms with Crippen LogP contribution in [0, 0.1) is 12.8 Å². The van der Waals surface area contributed by atoms with Gasteiger partial charge in [0.2, 0.25) is 0 Å². The second kappa shape index (κ2) is 16.1. The topological polar surface area (TPSA) is 15.7 Å². The summed E-state index contributed by atoms with van der Waals surface area (Å²) >= 11 is 0. The Balaban J connectivity index is 1.28. The van der Waals surface area contributed by atoms with Gasteiger partial charge in [-0.15, -0.1) is 0 Å². The van der Waals surface area contributed by atoms with E-state index in [0.29, 0.717) is 5.92 Å². The molecule has 2 atom stereocenters. The van der Waals surface area contributed by atoms with Gasteiger partial charge >= 0.3 is 6.92 Å². The number of hydrogen-bond acceptors (Lipinski definition) is 3. The molecule has 7 aliphatic rings. The van der Waals surface area contributed by atoms with E-state index in [0.717, 1.165) is 55.5 Å². The summed E-state index contributed by atoms with van der Waals surface area (Å²) in [5, 5.41) is 0. The van der Waals surface area contributed by atoms with Crippen LogP contribution in [0.25, 0.3) is 5.70 Å². The summed E-state index contributed by atoms with van der Waals surface area (Å²) in [6.07, 6.45) is 14.0. The molecule has 5 aliphatic carbocycles. The summed E-state index contributed by atoms with van der Waals surface area (Å²) in [4.78, 5) is 5.51. The Morgan fingerprint density at radius 2 is 1.00 bits per heavy atom. The first kappa shape index (κ1) is 50.7. The fourth-order valence-electron chi connectivity index (χ4n) is 15.2. The van der Waals surface area contributed by atoms with Crippen molar-refractivity contribution >= 4 is 35.1 Å². The van der Waals surface area contributed by atoms with Crippen molar-refractivity contribution in [2.45, 2.75) is 245 Å². The zero-order chi connectivity index (χ0) is 52.7. The van der Waals surface area contributed by atoms with Gasteiger partial charge in [-0.25, -0.2) is 0 Å². The molecule has 73 heavy (non-hydrogen) atoms. The number of aryl methyl sites for hydroxylation is 1. The second-order valence-corrected chi connectivity index (χ2v) is 30.1. The van der Waals surface area contributed by atoms with E-state index in [9.17, 15) is 0 Å². The van der Waals surface area contributed by atoms with E-state index >= 15 is 0 Å². The summed E-state index contributed by atoms with van der Waals surface area (Å²) in [6.45, 7) is 51.9. The molecule has 0 bridgehead atoms. The Morgan fingerprint density at radius 1 is 0.562 bits per heavy atom. The maximum atomic E-state index is 8.13. The standard InChI is InChI=1S/C69H91BN2O/c1-21-41(2)44-33-58-61-59(34-44)72(56-38-52-48(32-42(56)3)63(7,8)26-29-67(52,15)16)57-39-53-51(66(13,14)28-30-68(53,17)18)37-55(57)70(61)73-60-40-54-50(65(11,12)27-31-69(54,19)20)36-46(60)43(4)71(58)45-22-23-47-49(35-45)64(9,10)25-24-62(47,5)6/h22-23,32,34-41,58H,4,21,24-31,33H2,1-3,5-20H3. The highest BCUT2D eigenvalue weighted by Crippen LogP contribution is 2.57. The minimum Gasteiger partial charge on any atom is -0.551 e. The molecule has 2 aliphatic heterocycles. The number of benzene rings is 4. The summed E-state index contributed by atoms with van der Waals surface area (Å²) < 4.78 is 8.13. The molecule has 4 heteroatoms. The SMILES string of the molecule is C=C1c2cc3c(cc2OB2C4=C(C=C(C(C)CC)CC4N1c1ccc4c(c1)C(C)(C)CCC4(C)C)N(c1cc4c(cc1C)C(C)(C)CCC4(C)C)c1cc4c(cc12)C(C)(C)CCC4(C)C)C(C)(C)CCC3(C)C. The van der Waals surface area contributed by atoms with Crippen molar-refractivity contribution in [3.05, 3.63) is 140 Å². The molecule has 0 N–H and O–H groups in total. The zero-order valence-electron chi connectivity index (χ0n) is 49.1. The largest absolute Gasteiger partial charge is 0.551 e. The lowest BCUT2D eigenvalue weighted by molar-refractivity contribution is 0.330. The normalized spacial score (nSPS) is 25.2. The molecule has 0 spiro atoms. The number of nitrogens with zero attached hydrogens (tertiary/aromatic N) is 2.